The molecule has 5 nitrogen and oxygen atoms in total. The van der Waals surface area contributed by atoms with Crippen molar-refractivity contribution in [3.63, 3.8) is 0 Å². The zero-order valence-corrected chi connectivity index (χ0v) is 16.3. The number of hydrogen-bond acceptors (Lipinski definition) is 3. The van der Waals surface area contributed by atoms with Gasteiger partial charge in [0.2, 0.25) is 0 Å². The van der Waals surface area contributed by atoms with E-state index >= 15 is 0 Å². The first-order chi connectivity index (χ1) is 12.4. The molecule has 0 aliphatic heterocycles. The maximum Gasteiger partial charge on any atom is 0.258 e. The van der Waals surface area contributed by atoms with Gasteiger partial charge in [0, 0.05) is 18.4 Å². The predicted octanol–water partition coefficient (Wildman–Crippen LogP) is 5.18. The minimum atomic E-state index is -0.274. The minimum Gasteiger partial charge on any atom is -0.322 e. The van der Waals surface area contributed by atoms with Gasteiger partial charge in [0.1, 0.15) is 0 Å². The zero-order chi connectivity index (χ0) is 18.8. The first-order valence-corrected chi connectivity index (χ1v) is 9.23. The number of hydrogen-bond donors (Lipinski definition) is 1. The summed E-state index contributed by atoms with van der Waals surface area (Å²) in [4.78, 5) is 17.1. The summed E-state index contributed by atoms with van der Waals surface area (Å²) in [6, 6.07) is 7.83. The van der Waals surface area contributed by atoms with Crippen molar-refractivity contribution in [1.29, 1.82) is 0 Å². The van der Waals surface area contributed by atoms with Gasteiger partial charge in [-0.1, -0.05) is 44.5 Å². The number of aromatic nitrogens is 3. The van der Waals surface area contributed by atoms with Gasteiger partial charge in [-0.15, -0.1) is 0 Å². The summed E-state index contributed by atoms with van der Waals surface area (Å²) < 4.78 is 1.84. The Morgan fingerprint density at radius 1 is 1.27 bits per heavy atom. The molecule has 0 aliphatic carbocycles. The molecule has 0 unspecified atom stereocenters. The number of carbonyl (C=O) groups excluding carboxylic acids is 1. The van der Waals surface area contributed by atoms with Crippen molar-refractivity contribution in [3.05, 3.63) is 52.3 Å². The smallest absolute Gasteiger partial charge is 0.258 e. The van der Waals surface area contributed by atoms with Crippen molar-refractivity contribution in [3.8, 4) is 0 Å². The number of nitrogens with one attached hydrogen (secondary N) is 1. The molecule has 2 heterocycles. The summed E-state index contributed by atoms with van der Waals surface area (Å²) in [5.74, 6) is 0.174. The molecule has 0 radical (unpaired) electrons. The quantitative estimate of drug-likeness (QED) is 0.673. The molecule has 6 heteroatoms. The van der Waals surface area contributed by atoms with Gasteiger partial charge < -0.3 is 5.32 Å². The Labute approximate surface area is 158 Å². The highest BCUT2D eigenvalue weighted by atomic mass is 35.5. The Morgan fingerprint density at radius 3 is 2.58 bits per heavy atom. The van der Waals surface area contributed by atoms with Gasteiger partial charge in [-0.3, -0.25) is 4.79 Å². The van der Waals surface area contributed by atoms with Gasteiger partial charge in [0.25, 0.3) is 5.91 Å². The average molecular weight is 371 g/mol. The SMILES string of the molecule is CCCn1nc(C)c2c(Cl)c(C(=O)Nc3ccc(C(C)C)cc3)cnc21. The number of fused-ring (bicyclic) bond motifs is 1. The summed E-state index contributed by atoms with van der Waals surface area (Å²) in [7, 11) is 0. The Morgan fingerprint density at radius 2 is 1.96 bits per heavy atom. The van der Waals surface area contributed by atoms with E-state index < -0.39 is 0 Å². The molecule has 3 aromatic rings. The molecule has 1 aromatic carbocycles. The number of rotatable bonds is 5. The van der Waals surface area contributed by atoms with Crippen LogP contribution in [0.1, 0.15) is 54.7 Å². The summed E-state index contributed by atoms with van der Waals surface area (Å²) in [6.07, 6.45) is 2.47. The monoisotopic (exact) mass is 370 g/mol. The topological polar surface area (TPSA) is 59.8 Å². The molecular formula is C20H23ClN4O. The van der Waals surface area contributed by atoms with E-state index in [2.05, 4.69) is 36.2 Å². The normalized spacial score (nSPS) is 11.3. The molecule has 0 aliphatic rings. The van der Waals surface area contributed by atoms with Crippen LogP contribution in [0.5, 0.6) is 0 Å². The van der Waals surface area contributed by atoms with Crippen LogP contribution < -0.4 is 5.32 Å². The van der Waals surface area contributed by atoms with Crippen molar-refractivity contribution in [2.45, 2.75) is 46.6 Å². The second-order valence-electron chi connectivity index (χ2n) is 6.72. The number of anilines is 1. The van der Waals surface area contributed by atoms with E-state index in [-0.39, 0.29) is 5.91 Å². The highest BCUT2D eigenvalue weighted by Gasteiger charge is 2.19. The Bertz CT molecular complexity index is 945. The van der Waals surface area contributed by atoms with Gasteiger partial charge in [-0.2, -0.15) is 5.10 Å². The highest BCUT2D eigenvalue weighted by Crippen LogP contribution is 2.29. The number of benzene rings is 1. The highest BCUT2D eigenvalue weighted by molar-refractivity contribution is 6.39. The van der Waals surface area contributed by atoms with E-state index in [9.17, 15) is 4.79 Å². The molecule has 2 aromatic heterocycles. The Kier molecular flexibility index (Phi) is 5.28. The molecule has 0 atom stereocenters. The molecule has 136 valence electrons. The van der Waals surface area contributed by atoms with E-state index in [0.717, 1.165) is 29.7 Å². The number of aryl methyl sites for hydroxylation is 2. The third-order valence-corrected chi connectivity index (χ3v) is 4.78. The van der Waals surface area contributed by atoms with E-state index in [0.29, 0.717) is 22.2 Å². The van der Waals surface area contributed by atoms with E-state index in [1.165, 1.54) is 11.8 Å². The second kappa shape index (κ2) is 7.46. The number of amides is 1. The first-order valence-electron chi connectivity index (χ1n) is 8.85. The third kappa shape index (κ3) is 3.44. The van der Waals surface area contributed by atoms with Crippen molar-refractivity contribution < 1.29 is 4.79 Å². The van der Waals surface area contributed by atoms with Crippen LogP contribution in [0, 0.1) is 6.92 Å². The molecule has 1 amide bonds. The third-order valence-electron chi connectivity index (χ3n) is 4.39. The van der Waals surface area contributed by atoms with E-state index in [1.54, 1.807) is 0 Å². The molecule has 3 rings (SSSR count). The van der Waals surface area contributed by atoms with Gasteiger partial charge in [-0.25, -0.2) is 9.67 Å². The van der Waals surface area contributed by atoms with Crippen LogP contribution in [-0.2, 0) is 6.54 Å². The lowest BCUT2D eigenvalue weighted by Crippen LogP contribution is -2.13. The fourth-order valence-electron chi connectivity index (χ4n) is 2.95. The average Bonchev–Trinajstić information content (AvgIpc) is 2.92. The van der Waals surface area contributed by atoms with Gasteiger partial charge in [0.15, 0.2) is 5.65 Å². The van der Waals surface area contributed by atoms with Crippen LogP contribution in [0.3, 0.4) is 0 Å². The molecule has 0 spiro atoms. The predicted molar refractivity (Wildman–Crippen MR) is 106 cm³/mol. The van der Waals surface area contributed by atoms with Crippen LogP contribution in [-0.4, -0.2) is 20.7 Å². The first kappa shape index (κ1) is 18.4. The number of halogens is 1. The molecule has 0 fully saturated rings. The molecule has 26 heavy (non-hydrogen) atoms. The van der Waals surface area contributed by atoms with Gasteiger partial charge >= 0.3 is 0 Å². The summed E-state index contributed by atoms with van der Waals surface area (Å²) >= 11 is 6.53. The number of pyridine rings is 1. The van der Waals surface area contributed by atoms with E-state index in [1.807, 2.05) is 35.9 Å². The van der Waals surface area contributed by atoms with Crippen molar-refractivity contribution in [2.24, 2.45) is 0 Å². The molecular weight excluding hydrogens is 348 g/mol. The van der Waals surface area contributed by atoms with Crippen LogP contribution in [0.15, 0.2) is 30.5 Å². The fraction of sp³-hybridized carbons (Fsp3) is 0.350. The molecule has 0 saturated carbocycles. The molecule has 0 saturated heterocycles. The van der Waals surface area contributed by atoms with E-state index in [4.69, 9.17) is 11.6 Å². The summed E-state index contributed by atoms with van der Waals surface area (Å²) in [5, 5.41) is 8.51. The zero-order valence-electron chi connectivity index (χ0n) is 15.5. The molecule has 0 bridgehead atoms. The van der Waals surface area contributed by atoms with Gasteiger partial charge in [0.05, 0.1) is 21.7 Å². The maximum absolute atomic E-state index is 12.7. The van der Waals surface area contributed by atoms with Crippen LogP contribution in [0.2, 0.25) is 5.02 Å². The number of nitrogens with zero attached hydrogens (tertiary/aromatic N) is 3. The largest absolute Gasteiger partial charge is 0.322 e. The minimum absolute atomic E-state index is 0.274. The van der Waals surface area contributed by atoms with Crippen molar-refractivity contribution in [1.82, 2.24) is 14.8 Å². The second-order valence-corrected chi connectivity index (χ2v) is 7.10. The van der Waals surface area contributed by atoms with Crippen LogP contribution >= 0.6 is 11.6 Å². The summed E-state index contributed by atoms with van der Waals surface area (Å²) in [6.45, 7) is 9.00. The van der Waals surface area contributed by atoms with Crippen molar-refractivity contribution >= 4 is 34.2 Å². The van der Waals surface area contributed by atoms with Gasteiger partial charge in [-0.05, 0) is 37.0 Å². The number of carbonyl (C=O) groups is 1. The fourth-order valence-corrected chi connectivity index (χ4v) is 3.31. The summed E-state index contributed by atoms with van der Waals surface area (Å²) in [5.41, 5.74) is 3.80. The van der Waals surface area contributed by atoms with Crippen LogP contribution in [0.25, 0.3) is 11.0 Å². The maximum atomic E-state index is 12.7. The Balaban J connectivity index is 1.91. The lowest BCUT2D eigenvalue weighted by atomic mass is 10.0. The lowest BCUT2D eigenvalue weighted by Gasteiger charge is -2.10. The Hall–Kier alpha value is -2.40. The molecule has 1 N–H and O–H groups in total. The van der Waals surface area contributed by atoms with Crippen molar-refractivity contribution in [2.75, 3.05) is 5.32 Å². The lowest BCUT2D eigenvalue weighted by molar-refractivity contribution is 0.102. The van der Waals surface area contributed by atoms with Crippen LogP contribution in [0.4, 0.5) is 5.69 Å². The standard InChI is InChI=1S/C20H23ClN4O/c1-5-10-25-19-17(13(4)24-25)18(21)16(11-22-19)20(26)23-15-8-6-14(7-9-15)12(2)3/h6-9,11-12H,5,10H2,1-4H3,(H,23,26).